The number of carbonyl (C=O) groups excluding carboxylic acids is 2. The monoisotopic (exact) mass is 348 g/mol. The lowest BCUT2D eigenvalue weighted by Gasteiger charge is -2.43. The molecule has 0 aromatic carbocycles. The maximum absolute atomic E-state index is 12.8. The quantitative estimate of drug-likeness (QED) is 0.888. The molecule has 1 atom stereocenters. The van der Waals surface area contributed by atoms with Gasteiger partial charge in [0.1, 0.15) is 17.5 Å². The Morgan fingerprint density at radius 3 is 2.76 bits per heavy atom. The number of hydrogen-bond donors (Lipinski definition) is 1. The molecule has 1 saturated carbocycles. The van der Waals surface area contributed by atoms with Gasteiger partial charge in [-0.05, 0) is 50.2 Å². The van der Waals surface area contributed by atoms with Crippen molar-refractivity contribution in [2.75, 3.05) is 6.61 Å². The molecule has 1 aliphatic heterocycles. The van der Waals surface area contributed by atoms with E-state index in [2.05, 4.69) is 12.2 Å². The molecule has 6 nitrogen and oxygen atoms in total. The van der Waals surface area contributed by atoms with Crippen molar-refractivity contribution in [2.45, 2.75) is 70.7 Å². The molecule has 1 aromatic rings. The highest BCUT2D eigenvalue weighted by Gasteiger charge is 2.53. The summed E-state index contributed by atoms with van der Waals surface area (Å²) in [6.45, 7) is 4.81. The van der Waals surface area contributed by atoms with E-state index in [4.69, 9.17) is 9.15 Å². The van der Waals surface area contributed by atoms with Crippen LogP contribution >= 0.6 is 0 Å². The van der Waals surface area contributed by atoms with Crippen LogP contribution in [-0.4, -0.2) is 35.1 Å². The summed E-state index contributed by atoms with van der Waals surface area (Å²) in [7, 11) is 0. The molecule has 2 heterocycles. The fourth-order valence-corrected chi connectivity index (χ4v) is 3.89. The van der Waals surface area contributed by atoms with E-state index in [0.29, 0.717) is 24.6 Å². The van der Waals surface area contributed by atoms with Crippen LogP contribution in [0.5, 0.6) is 0 Å². The molecule has 1 N–H and O–H groups in total. The third-order valence-electron chi connectivity index (χ3n) is 5.37. The second-order valence-electron chi connectivity index (χ2n) is 7.27. The van der Waals surface area contributed by atoms with E-state index in [1.165, 1.54) is 0 Å². The first kappa shape index (κ1) is 18.0. The van der Waals surface area contributed by atoms with E-state index in [0.717, 1.165) is 32.1 Å². The van der Waals surface area contributed by atoms with Crippen molar-refractivity contribution in [1.82, 2.24) is 10.2 Å². The molecule has 1 aliphatic carbocycles. The van der Waals surface area contributed by atoms with Crippen LogP contribution in [0, 0.1) is 5.92 Å². The standard InChI is InChI=1S/C19H28N2O4/c1-3-5-17(22)21-16(18(23)20-12-15-6-4-11-24-15)13-25-19(21)9-7-14(2)8-10-19/h4,6,11,14,16H,3,5,7-10,12-13H2,1-2H3,(H,20,23)/t14?,16-,19?/m1/s1. The summed E-state index contributed by atoms with van der Waals surface area (Å²) in [6, 6.07) is 3.05. The van der Waals surface area contributed by atoms with Crippen LogP contribution in [0.1, 0.15) is 58.1 Å². The van der Waals surface area contributed by atoms with Crippen LogP contribution in [0.15, 0.2) is 22.8 Å². The number of nitrogens with one attached hydrogen (secondary N) is 1. The van der Waals surface area contributed by atoms with Gasteiger partial charge in [-0.15, -0.1) is 0 Å². The molecule has 138 valence electrons. The van der Waals surface area contributed by atoms with Crippen LogP contribution in [-0.2, 0) is 20.9 Å². The first-order valence-corrected chi connectivity index (χ1v) is 9.32. The van der Waals surface area contributed by atoms with E-state index in [9.17, 15) is 9.59 Å². The van der Waals surface area contributed by atoms with Gasteiger partial charge in [0.05, 0.1) is 19.4 Å². The lowest BCUT2D eigenvalue weighted by atomic mass is 9.83. The second kappa shape index (κ2) is 7.60. The molecule has 6 heteroatoms. The van der Waals surface area contributed by atoms with Crippen molar-refractivity contribution in [1.29, 1.82) is 0 Å². The van der Waals surface area contributed by atoms with Crippen molar-refractivity contribution in [3.8, 4) is 0 Å². The molecule has 1 aromatic heterocycles. The Morgan fingerprint density at radius 1 is 1.36 bits per heavy atom. The molecule has 2 amide bonds. The largest absolute Gasteiger partial charge is 0.467 e. The zero-order chi connectivity index (χ0) is 17.9. The Balaban J connectivity index is 1.73. The molecule has 1 saturated heterocycles. The Bertz CT molecular complexity index is 591. The van der Waals surface area contributed by atoms with Gasteiger partial charge < -0.3 is 14.5 Å². The maximum atomic E-state index is 12.8. The fraction of sp³-hybridized carbons (Fsp3) is 0.684. The summed E-state index contributed by atoms with van der Waals surface area (Å²) in [4.78, 5) is 27.3. The minimum atomic E-state index is -0.592. The zero-order valence-electron chi connectivity index (χ0n) is 15.1. The number of amides is 2. The molecule has 3 rings (SSSR count). The third-order valence-corrected chi connectivity index (χ3v) is 5.37. The molecule has 0 bridgehead atoms. The van der Waals surface area contributed by atoms with E-state index < -0.39 is 11.8 Å². The van der Waals surface area contributed by atoms with Gasteiger partial charge in [-0.1, -0.05) is 13.8 Å². The van der Waals surface area contributed by atoms with Crippen LogP contribution < -0.4 is 5.32 Å². The van der Waals surface area contributed by atoms with E-state index in [1.807, 2.05) is 13.0 Å². The Labute approximate surface area is 148 Å². The molecule has 2 fully saturated rings. The number of rotatable bonds is 5. The Kier molecular flexibility index (Phi) is 5.47. The number of furan rings is 1. The van der Waals surface area contributed by atoms with E-state index >= 15 is 0 Å². The third kappa shape index (κ3) is 3.73. The first-order valence-electron chi connectivity index (χ1n) is 9.32. The molecule has 25 heavy (non-hydrogen) atoms. The molecular weight excluding hydrogens is 320 g/mol. The number of nitrogens with zero attached hydrogens (tertiary/aromatic N) is 1. The van der Waals surface area contributed by atoms with Crippen molar-refractivity contribution in [3.05, 3.63) is 24.2 Å². The predicted octanol–water partition coefficient (Wildman–Crippen LogP) is 2.83. The van der Waals surface area contributed by atoms with Crippen molar-refractivity contribution in [3.63, 3.8) is 0 Å². The van der Waals surface area contributed by atoms with Gasteiger partial charge in [-0.25, -0.2) is 0 Å². The highest BCUT2D eigenvalue weighted by molar-refractivity contribution is 5.88. The molecular formula is C19H28N2O4. The second-order valence-corrected chi connectivity index (χ2v) is 7.27. The van der Waals surface area contributed by atoms with Gasteiger partial charge in [0, 0.05) is 6.42 Å². The van der Waals surface area contributed by atoms with Crippen LogP contribution in [0.2, 0.25) is 0 Å². The lowest BCUT2D eigenvalue weighted by molar-refractivity contribution is -0.161. The average Bonchev–Trinajstić information content (AvgIpc) is 3.24. The smallest absolute Gasteiger partial charge is 0.245 e. The first-order chi connectivity index (χ1) is 12.1. The highest BCUT2D eigenvalue weighted by Crippen LogP contribution is 2.42. The number of ether oxygens (including phenoxy) is 1. The molecule has 2 aliphatic rings. The Morgan fingerprint density at radius 2 is 2.12 bits per heavy atom. The van der Waals surface area contributed by atoms with Crippen molar-refractivity contribution >= 4 is 11.8 Å². The van der Waals surface area contributed by atoms with E-state index in [-0.39, 0.29) is 18.4 Å². The molecule has 1 spiro atoms. The Hall–Kier alpha value is -1.82. The zero-order valence-corrected chi connectivity index (χ0v) is 15.1. The summed E-state index contributed by atoms with van der Waals surface area (Å²) >= 11 is 0. The summed E-state index contributed by atoms with van der Waals surface area (Å²) in [5.74, 6) is 1.19. The van der Waals surface area contributed by atoms with Crippen molar-refractivity contribution in [2.24, 2.45) is 5.92 Å². The van der Waals surface area contributed by atoms with Gasteiger partial charge in [0.25, 0.3) is 0 Å². The molecule has 0 radical (unpaired) electrons. The maximum Gasteiger partial charge on any atom is 0.245 e. The normalized spacial score (nSPS) is 29.1. The van der Waals surface area contributed by atoms with Gasteiger partial charge in [0.2, 0.25) is 11.8 Å². The van der Waals surface area contributed by atoms with Gasteiger partial charge in [-0.3, -0.25) is 14.5 Å². The summed E-state index contributed by atoms with van der Waals surface area (Å²) < 4.78 is 11.4. The van der Waals surface area contributed by atoms with Crippen LogP contribution in [0.4, 0.5) is 0 Å². The highest BCUT2D eigenvalue weighted by atomic mass is 16.5. The number of hydrogen-bond acceptors (Lipinski definition) is 4. The summed E-state index contributed by atoms with van der Waals surface area (Å²) in [5.41, 5.74) is -0.592. The van der Waals surface area contributed by atoms with Crippen LogP contribution in [0.25, 0.3) is 0 Å². The summed E-state index contributed by atoms with van der Waals surface area (Å²) in [6.07, 6.45) is 6.46. The van der Waals surface area contributed by atoms with Gasteiger partial charge in [0.15, 0.2) is 0 Å². The minimum Gasteiger partial charge on any atom is -0.467 e. The SMILES string of the molecule is CCCC(=O)N1[C@@H](C(=O)NCc2ccco2)COC12CCC(C)CC2. The lowest BCUT2D eigenvalue weighted by Crippen LogP contribution is -2.56. The number of carbonyl (C=O) groups is 2. The fourth-order valence-electron chi connectivity index (χ4n) is 3.89. The van der Waals surface area contributed by atoms with Crippen molar-refractivity contribution < 1.29 is 18.7 Å². The summed E-state index contributed by atoms with van der Waals surface area (Å²) in [5, 5.41) is 2.88. The van der Waals surface area contributed by atoms with E-state index in [1.54, 1.807) is 17.2 Å². The van der Waals surface area contributed by atoms with Gasteiger partial charge >= 0.3 is 0 Å². The molecule has 0 unspecified atom stereocenters. The predicted molar refractivity (Wildman–Crippen MR) is 92.4 cm³/mol. The minimum absolute atomic E-state index is 0.0210. The topological polar surface area (TPSA) is 71.8 Å². The van der Waals surface area contributed by atoms with Crippen LogP contribution in [0.3, 0.4) is 0 Å². The van der Waals surface area contributed by atoms with Gasteiger partial charge in [-0.2, -0.15) is 0 Å². The average molecular weight is 348 g/mol.